The summed E-state index contributed by atoms with van der Waals surface area (Å²) in [5, 5.41) is 15.4. The number of hydrazine groups is 1. The monoisotopic (exact) mass is 399 g/mol. The first-order chi connectivity index (χ1) is 13.9. The van der Waals surface area contributed by atoms with Crippen molar-refractivity contribution in [1.82, 2.24) is 30.8 Å². The molecule has 2 aliphatic heterocycles. The van der Waals surface area contributed by atoms with Gasteiger partial charge in [-0.05, 0) is 25.5 Å². The van der Waals surface area contributed by atoms with E-state index < -0.39 is 6.29 Å². The Morgan fingerprint density at radius 2 is 2.14 bits per heavy atom. The van der Waals surface area contributed by atoms with Crippen LogP contribution in [0.1, 0.15) is 17.5 Å². The van der Waals surface area contributed by atoms with Gasteiger partial charge in [0.05, 0.1) is 17.8 Å². The number of aryl methyl sites for hydroxylation is 2. The summed E-state index contributed by atoms with van der Waals surface area (Å²) in [4.78, 5) is 24.9. The molecule has 3 heterocycles. The third-order valence-electron chi connectivity index (χ3n) is 5.13. The van der Waals surface area contributed by atoms with Crippen LogP contribution in [-0.2, 0) is 9.59 Å². The van der Waals surface area contributed by atoms with Crippen molar-refractivity contribution in [2.45, 2.75) is 26.3 Å². The van der Waals surface area contributed by atoms with E-state index >= 15 is 0 Å². The lowest BCUT2D eigenvalue weighted by Crippen LogP contribution is -2.61. The smallest absolute Gasteiger partial charge is 0.263 e. The molecule has 10 heteroatoms. The lowest BCUT2D eigenvalue weighted by molar-refractivity contribution is -0.131. The number of carbonyl (C=O) groups excluding carboxylic acids is 2. The van der Waals surface area contributed by atoms with Crippen molar-refractivity contribution in [3.63, 3.8) is 0 Å². The number of aromatic nitrogens is 2. The van der Waals surface area contributed by atoms with Gasteiger partial charge in [0, 0.05) is 19.7 Å². The Morgan fingerprint density at radius 3 is 2.93 bits per heavy atom. The molecule has 2 saturated heterocycles. The number of ether oxygens (including phenoxy) is 1. The Morgan fingerprint density at radius 1 is 1.34 bits per heavy atom. The second-order valence-electron chi connectivity index (χ2n) is 7.32. The van der Waals surface area contributed by atoms with E-state index in [0.29, 0.717) is 18.1 Å². The number of amides is 2. The average Bonchev–Trinajstić information content (AvgIpc) is 3.24. The van der Waals surface area contributed by atoms with Crippen LogP contribution in [0.4, 0.5) is 5.82 Å². The van der Waals surface area contributed by atoms with E-state index in [2.05, 4.69) is 26.5 Å². The number of anilines is 1. The highest BCUT2D eigenvalue weighted by atomic mass is 16.5. The normalized spacial score (nSPS) is 24.1. The maximum atomic E-state index is 12.5. The molecule has 2 aliphatic rings. The minimum absolute atomic E-state index is 0.0658. The van der Waals surface area contributed by atoms with Crippen LogP contribution in [0, 0.1) is 19.8 Å². The molecule has 154 valence electrons. The van der Waals surface area contributed by atoms with Gasteiger partial charge in [-0.3, -0.25) is 20.3 Å². The molecule has 0 radical (unpaired) electrons. The summed E-state index contributed by atoms with van der Waals surface area (Å²) in [5.41, 5.74) is 4.82. The highest BCUT2D eigenvalue weighted by Crippen LogP contribution is 2.23. The molecule has 0 bridgehead atoms. The van der Waals surface area contributed by atoms with Crippen molar-refractivity contribution in [2.24, 2.45) is 5.92 Å². The molecule has 1 aromatic carbocycles. The van der Waals surface area contributed by atoms with Crippen molar-refractivity contribution < 1.29 is 14.3 Å². The van der Waals surface area contributed by atoms with Crippen LogP contribution in [0.3, 0.4) is 0 Å². The molecule has 0 aliphatic carbocycles. The lowest BCUT2D eigenvalue weighted by atomic mass is 10.1. The lowest BCUT2D eigenvalue weighted by Gasteiger charge is -2.35. The van der Waals surface area contributed by atoms with E-state index in [4.69, 9.17) is 4.74 Å². The second kappa shape index (κ2) is 7.82. The van der Waals surface area contributed by atoms with E-state index in [9.17, 15) is 9.59 Å². The highest BCUT2D eigenvalue weighted by molar-refractivity contribution is 5.91. The topological polar surface area (TPSA) is 113 Å². The summed E-state index contributed by atoms with van der Waals surface area (Å²) in [7, 11) is 1.88. The summed E-state index contributed by atoms with van der Waals surface area (Å²) < 4.78 is 7.18. The highest BCUT2D eigenvalue weighted by Gasteiger charge is 2.43. The third-order valence-corrected chi connectivity index (χ3v) is 5.13. The van der Waals surface area contributed by atoms with Crippen molar-refractivity contribution in [3.05, 3.63) is 41.6 Å². The zero-order valence-electron chi connectivity index (χ0n) is 16.6. The van der Waals surface area contributed by atoms with Gasteiger partial charge in [-0.25, -0.2) is 9.69 Å². The number of hydrogen-bond donors (Lipinski definition) is 4. The van der Waals surface area contributed by atoms with E-state index in [1.54, 1.807) is 10.7 Å². The Hall–Kier alpha value is -2.95. The standard InChI is InChI=1S/C19H25N7O3/c1-11-6-4-5-7-14(11)29-10-16(27)21-15-8-12(2)24-26(15)19-22-17-13(18(28)23-19)9-20-25(17)3/h4-8,13,17,19-20,22H,9-10H2,1-3H3,(H,21,27)(H,23,28). The molecule has 0 spiro atoms. The number of fused-ring (bicyclic) bond motifs is 1. The van der Waals surface area contributed by atoms with Crippen molar-refractivity contribution in [3.8, 4) is 5.75 Å². The molecule has 3 atom stereocenters. The van der Waals surface area contributed by atoms with Crippen LogP contribution in [0.2, 0.25) is 0 Å². The van der Waals surface area contributed by atoms with Gasteiger partial charge in [-0.1, -0.05) is 18.2 Å². The van der Waals surface area contributed by atoms with Gasteiger partial charge in [0.25, 0.3) is 5.91 Å². The number of benzene rings is 1. The molecule has 3 unspecified atom stereocenters. The maximum absolute atomic E-state index is 12.5. The van der Waals surface area contributed by atoms with Gasteiger partial charge < -0.3 is 15.4 Å². The SMILES string of the molecule is Cc1cc(NC(=O)COc2ccccc2C)n(C2NC(=O)C3CNN(C)C3N2)n1. The van der Waals surface area contributed by atoms with Crippen LogP contribution in [-0.4, -0.2) is 53.0 Å². The van der Waals surface area contributed by atoms with E-state index in [0.717, 1.165) is 11.3 Å². The summed E-state index contributed by atoms with van der Waals surface area (Å²) in [6.07, 6.45) is -0.737. The number of carbonyl (C=O) groups is 2. The Kier molecular flexibility index (Phi) is 5.22. The Bertz CT molecular complexity index is 928. The predicted octanol–water partition coefficient (Wildman–Crippen LogP) is 0.0852. The third kappa shape index (κ3) is 3.95. The van der Waals surface area contributed by atoms with Crippen molar-refractivity contribution >= 4 is 17.6 Å². The van der Waals surface area contributed by atoms with Gasteiger partial charge in [-0.2, -0.15) is 5.10 Å². The first kappa shape index (κ1) is 19.4. The van der Waals surface area contributed by atoms with Gasteiger partial charge >= 0.3 is 0 Å². The molecular weight excluding hydrogens is 374 g/mol. The zero-order valence-corrected chi connectivity index (χ0v) is 16.6. The minimum atomic E-state index is -0.576. The number of nitrogens with zero attached hydrogens (tertiary/aromatic N) is 3. The molecule has 4 N–H and O–H groups in total. The van der Waals surface area contributed by atoms with Crippen molar-refractivity contribution in [2.75, 3.05) is 25.5 Å². The minimum Gasteiger partial charge on any atom is -0.483 e. The zero-order chi connectivity index (χ0) is 20.5. The predicted molar refractivity (Wildman–Crippen MR) is 106 cm³/mol. The summed E-state index contributed by atoms with van der Waals surface area (Å²) in [6.45, 7) is 4.19. The molecule has 2 amide bonds. The molecule has 10 nitrogen and oxygen atoms in total. The molecular formula is C19H25N7O3. The summed E-state index contributed by atoms with van der Waals surface area (Å²) in [6, 6.07) is 9.27. The fraction of sp³-hybridized carbons (Fsp3) is 0.421. The van der Waals surface area contributed by atoms with Crippen LogP contribution in [0.15, 0.2) is 30.3 Å². The fourth-order valence-corrected chi connectivity index (χ4v) is 3.61. The largest absolute Gasteiger partial charge is 0.483 e. The molecule has 2 aromatic rings. The first-order valence-electron chi connectivity index (χ1n) is 9.49. The van der Waals surface area contributed by atoms with E-state index in [1.807, 2.05) is 50.2 Å². The molecule has 4 rings (SSSR count). The second-order valence-corrected chi connectivity index (χ2v) is 7.32. The van der Waals surface area contributed by atoms with Crippen molar-refractivity contribution in [1.29, 1.82) is 0 Å². The van der Waals surface area contributed by atoms with Crippen LogP contribution >= 0.6 is 0 Å². The van der Waals surface area contributed by atoms with E-state index in [1.165, 1.54) is 0 Å². The molecule has 29 heavy (non-hydrogen) atoms. The Balaban J connectivity index is 1.45. The Labute approximate surface area is 168 Å². The maximum Gasteiger partial charge on any atom is 0.263 e. The number of hydrogen-bond acceptors (Lipinski definition) is 7. The van der Waals surface area contributed by atoms with Gasteiger partial charge in [-0.15, -0.1) is 0 Å². The number of para-hydroxylation sites is 1. The number of rotatable bonds is 5. The quantitative estimate of drug-likeness (QED) is 0.563. The molecule has 2 fully saturated rings. The van der Waals surface area contributed by atoms with E-state index in [-0.39, 0.29) is 30.5 Å². The molecule has 1 aromatic heterocycles. The average molecular weight is 399 g/mol. The van der Waals surface area contributed by atoms with Crippen LogP contribution in [0.25, 0.3) is 0 Å². The number of nitrogens with one attached hydrogen (secondary N) is 4. The van der Waals surface area contributed by atoms with Gasteiger partial charge in [0.1, 0.15) is 11.6 Å². The molecule has 0 saturated carbocycles. The van der Waals surface area contributed by atoms with Crippen LogP contribution in [0.5, 0.6) is 5.75 Å². The van der Waals surface area contributed by atoms with Gasteiger partial charge in [0.15, 0.2) is 12.9 Å². The summed E-state index contributed by atoms with van der Waals surface area (Å²) in [5.74, 6) is 0.577. The summed E-state index contributed by atoms with van der Waals surface area (Å²) >= 11 is 0. The fourth-order valence-electron chi connectivity index (χ4n) is 3.61. The van der Waals surface area contributed by atoms with Crippen LogP contribution < -0.4 is 26.1 Å². The van der Waals surface area contributed by atoms with Gasteiger partial charge in [0.2, 0.25) is 5.91 Å². The first-order valence-corrected chi connectivity index (χ1v) is 9.49.